The maximum absolute atomic E-state index is 13.4. The summed E-state index contributed by atoms with van der Waals surface area (Å²) in [5, 5.41) is 12.5. The van der Waals surface area contributed by atoms with Crippen molar-refractivity contribution in [3.63, 3.8) is 0 Å². The molecule has 0 aliphatic carbocycles. The molecule has 3 N–H and O–H groups in total. The standard InChI is InChI=1S/C45H47N9O7/c1-61-39(27-5-3-2-4-6-27)45(60)52-24-35-36(25-52)48-49-40(35)47-41(56)28-7-9-29(10-8-28)50-17-15-26(16-18-50)21-51-22-32-19-31(51)23-53(32)30-11-12-33-34(20-30)44(59)54(43(33)58)37-13-14-38(55)46-42(37)57/h2-12,20,26,31-32,37,39H,13-19,21-25H2,1H3,(H,46,55,57)(H2,47,48,49,56)/t31?,32?,37?,39-/m1/s1. The minimum absolute atomic E-state index is 0.0904. The van der Waals surface area contributed by atoms with Crippen LogP contribution in [0.5, 0.6) is 0 Å². The van der Waals surface area contributed by atoms with E-state index in [0.29, 0.717) is 53.6 Å². The normalized spacial score (nSPS) is 23.1. The SMILES string of the molecule is CO[C@@H](C(=O)N1Cc2[nH]nc(NC(=O)c3ccc(N4CCC(CN5CC6CC5CN6c5ccc6c(c5)C(=O)N(C5CCC(=O)NC5=O)C6=O)CC4)cc3)c2C1)c1ccccc1. The monoisotopic (exact) mass is 825 g/mol. The summed E-state index contributed by atoms with van der Waals surface area (Å²) < 4.78 is 5.56. The first kappa shape index (κ1) is 38.8. The smallest absolute Gasteiger partial charge is 0.262 e. The molecule has 6 aliphatic rings. The largest absolute Gasteiger partial charge is 0.372 e. The molecule has 0 saturated carbocycles. The van der Waals surface area contributed by atoms with Crippen molar-refractivity contribution in [1.82, 2.24) is 30.2 Å². The lowest BCUT2D eigenvalue weighted by Crippen LogP contribution is -2.54. The molecule has 314 valence electrons. The van der Waals surface area contributed by atoms with Gasteiger partial charge < -0.3 is 24.8 Å². The molecular formula is C45H47N9O7. The molecule has 16 heteroatoms. The summed E-state index contributed by atoms with van der Waals surface area (Å²) in [6, 6.07) is 22.3. The lowest BCUT2D eigenvalue weighted by atomic mass is 9.95. The maximum Gasteiger partial charge on any atom is 0.262 e. The van der Waals surface area contributed by atoms with Gasteiger partial charge in [0.15, 0.2) is 11.9 Å². The minimum atomic E-state index is -0.976. The van der Waals surface area contributed by atoms with E-state index in [1.165, 1.54) is 7.11 Å². The Hall–Kier alpha value is -6.39. The molecule has 10 rings (SSSR count). The molecule has 16 nitrogen and oxygen atoms in total. The van der Waals surface area contributed by atoms with Crippen LogP contribution in [0.2, 0.25) is 0 Å². The number of methoxy groups -OCH3 is 1. The molecule has 6 amide bonds. The fourth-order valence-electron chi connectivity index (χ4n) is 10.2. The Labute approximate surface area is 352 Å². The molecule has 0 spiro atoms. The van der Waals surface area contributed by atoms with Crippen molar-refractivity contribution in [1.29, 1.82) is 0 Å². The lowest BCUT2D eigenvalue weighted by molar-refractivity contribution is -0.143. The predicted octanol–water partition coefficient (Wildman–Crippen LogP) is 3.47. The molecule has 4 saturated heterocycles. The molecule has 4 fully saturated rings. The third-order valence-corrected chi connectivity index (χ3v) is 13.5. The van der Waals surface area contributed by atoms with Crippen LogP contribution in [0, 0.1) is 5.92 Å². The number of aromatic nitrogens is 2. The van der Waals surface area contributed by atoms with Crippen LogP contribution in [0.1, 0.15) is 86.1 Å². The number of carbonyl (C=O) groups excluding carboxylic acids is 6. The number of hydrogen-bond donors (Lipinski definition) is 3. The molecule has 0 radical (unpaired) electrons. The van der Waals surface area contributed by atoms with Gasteiger partial charge in [0.25, 0.3) is 23.6 Å². The number of amides is 6. The van der Waals surface area contributed by atoms with E-state index in [2.05, 4.69) is 35.5 Å². The van der Waals surface area contributed by atoms with E-state index < -0.39 is 35.8 Å². The van der Waals surface area contributed by atoms with Gasteiger partial charge in [-0.1, -0.05) is 30.3 Å². The molecule has 4 aromatic rings. The van der Waals surface area contributed by atoms with Crippen molar-refractivity contribution < 1.29 is 33.5 Å². The summed E-state index contributed by atoms with van der Waals surface area (Å²) >= 11 is 0. The van der Waals surface area contributed by atoms with Crippen molar-refractivity contribution in [2.24, 2.45) is 5.92 Å². The Bertz CT molecular complexity index is 2430. The number of anilines is 3. The highest BCUT2D eigenvalue weighted by atomic mass is 16.5. The summed E-state index contributed by atoms with van der Waals surface area (Å²) in [6.07, 6.45) is 2.71. The van der Waals surface area contributed by atoms with Gasteiger partial charge in [-0.3, -0.25) is 49.0 Å². The lowest BCUT2D eigenvalue weighted by Gasteiger charge is -2.40. The van der Waals surface area contributed by atoms with Crippen LogP contribution >= 0.6 is 0 Å². The third kappa shape index (κ3) is 7.02. The van der Waals surface area contributed by atoms with E-state index in [1.54, 1.807) is 17.0 Å². The second-order valence-corrected chi connectivity index (χ2v) is 17.0. The minimum Gasteiger partial charge on any atom is -0.372 e. The number of benzene rings is 3. The number of nitrogens with one attached hydrogen (secondary N) is 3. The molecule has 3 unspecified atom stereocenters. The van der Waals surface area contributed by atoms with Crippen LogP contribution in [-0.4, -0.2) is 118 Å². The highest BCUT2D eigenvalue weighted by Crippen LogP contribution is 2.39. The predicted molar refractivity (Wildman–Crippen MR) is 223 cm³/mol. The number of nitrogens with zero attached hydrogens (tertiary/aromatic N) is 6. The Morgan fingerprint density at radius 3 is 2.34 bits per heavy atom. The van der Waals surface area contributed by atoms with E-state index in [-0.39, 0.29) is 24.7 Å². The first-order chi connectivity index (χ1) is 29.6. The second-order valence-electron chi connectivity index (χ2n) is 17.0. The van der Waals surface area contributed by atoms with Gasteiger partial charge in [-0.25, -0.2) is 0 Å². The van der Waals surface area contributed by atoms with Gasteiger partial charge >= 0.3 is 0 Å². The van der Waals surface area contributed by atoms with Crippen molar-refractivity contribution in [3.8, 4) is 0 Å². The van der Waals surface area contributed by atoms with Crippen molar-refractivity contribution in [3.05, 3.63) is 106 Å². The van der Waals surface area contributed by atoms with Crippen molar-refractivity contribution in [2.45, 2.75) is 69.4 Å². The van der Waals surface area contributed by atoms with Crippen LogP contribution in [0.4, 0.5) is 17.2 Å². The summed E-state index contributed by atoms with van der Waals surface area (Å²) in [5.41, 5.74) is 5.51. The zero-order valence-corrected chi connectivity index (χ0v) is 33.8. The Kier molecular flexibility index (Phi) is 9.90. The number of likely N-dealkylation sites (tertiary alicyclic amines) is 1. The number of aromatic amines is 1. The van der Waals surface area contributed by atoms with Gasteiger partial charge in [-0.05, 0) is 79.6 Å². The summed E-state index contributed by atoms with van der Waals surface area (Å²) in [5.74, 6) is -1.38. The molecule has 4 atom stereocenters. The molecule has 6 aliphatic heterocycles. The number of piperidine rings is 2. The molecule has 61 heavy (non-hydrogen) atoms. The van der Waals surface area contributed by atoms with E-state index in [4.69, 9.17) is 4.74 Å². The average molecular weight is 826 g/mol. The van der Waals surface area contributed by atoms with Crippen LogP contribution in [0.25, 0.3) is 0 Å². The van der Waals surface area contributed by atoms with E-state index in [9.17, 15) is 28.8 Å². The van der Waals surface area contributed by atoms with Crippen molar-refractivity contribution >= 4 is 52.6 Å². The molecular weight excluding hydrogens is 779 g/mol. The van der Waals surface area contributed by atoms with Crippen molar-refractivity contribution in [2.75, 3.05) is 55.0 Å². The first-order valence-corrected chi connectivity index (χ1v) is 21.1. The maximum atomic E-state index is 13.4. The topological polar surface area (TPSA) is 181 Å². The summed E-state index contributed by atoms with van der Waals surface area (Å²) in [6.45, 7) is 5.39. The summed E-state index contributed by atoms with van der Waals surface area (Å²) in [4.78, 5) is 87.6. The van der Waals surface area contributed by atoms with E-state index in [0.717, 1.165) is 85.1 Å². The third-order valence-electron chi connectivity index (χ3n) is 13.5. The number of ether oxygens (including phenoxy) is 1. The van der Waals surface area contributed by atoms with Gasteiger partial charge in [-0.2, -0.15) is 5.10 Å². The zero-order chi connectivity index (χ0) is 41.9. The number of fused-ring (bicyclic) bond motifs is 4. The molecule has 3 aromatic carbocycles. The number of imide groups is 2. The summed E-state index contributed by atoms with van der Waals surface area (Å²) in [7, 11) is 1.53. The highest BCUT2D eigenvalue weighted by Gasteiger charge is 2.47. The Morgan fingerprint density at radius 2 is 1.62 bits per heavy atom. The highest BCUT2D eigenvalue weighted by molar-refractivity contribution is 6.23. The average Bonchev–Trinajstić information content (AvgIpc) is 4.11. The quantitative estimate of drug-likeness (QED) is 0.199. The van der Waals surface area contributed by atoms with Gasteiger partial charge in [0.1, 0.15) is 6.04 Å². The van der Waals surface area contributed by atoms with Crippen LogP contribution in [0.3, 0.4) is 0 Å². The van der Waals surface area contributed by atoms with Gasteiger partial charge in [0.2, 0.25) is 11.8 Å². The molecule has 2 bridgehead atoms. The number of piperazine rings is 1. The zero-order valence-electron chi connectivity index (χ0n) is 33.8. The fraction of sp³-hybridized carbons (Fsp3) is 0.400. The Morgan fingerprint density at radius 1 is 0.869 bits per heavy atom. The molecule has 7 heterocycles. The van der Waals surface area contributed by atoms with Gasteiger partial charge in [0.05, 0.1) is 29.9 Å². The van der Waals surface area contributed by atoms with Crippen LogP contribution in [0.15, 0.2) is 72.8 Å². The van der Waals surface area contributed by atoms with E-state index in [1.807, 2.05) is 60.7 Å². The molecule has 1 aromatic heterocycles. The fourth-order valence-corrected chi connectivity index (χ4v) is 10.2. The van der Waals surface area contributed by atoms with E-state index >= 15 is 0 Å². The second kappa shape index (κ2) is 15.6. The van der Waals surface area contributed by atoms with Gasteiger partial charge in [-0.15, -0.1) is 0 Å². The first-order valence-electron chi connectivity index (χ1n) is 21.1. The number of carbonyl (C=O) groups is 6. The Balaban J connectivity index is 0.694. The van der Waals surface area contributed by atoms with Crippen LogP contribution < -0.4 is 20.4 Å². The number of H-pyrrole nitrogens is 1. The number of rotatable bonds is 10. The van der Waals surface area contributed by atoms with Crippen LogP contribution in [-0.2, 0) is 32.2 Å². The van der Waals surface area contributed by atoms with Gasteiger partial charge in [0, 0.05) is 80.8 Å². The number of hydrogen-bond acceptors (Lipinski definition) is 11.